The van der Waals surface area contributed by atoms with E-state index in [2.05, 4.69) is 0 Å². The van der Waals surface area contributed by atoms with Gasteiger partial charge in [0.25, 0.3) is 0 Å². The van der Waals surface area contributed by atoms with Crippen molar-refractivity contribution >= 4 is 0 Å². The molecule has 0 radical (unpaired) electrons. The first-order valence-electron chi connectivity index (χ1n) is 12.0. The Morgan fingerprint density at radius 2 is 1.12 bits per heavy atom. The van der Waals surface area contributed by atoms with E-state index in [1.807, 2.05) is 0 Å². The molecule has 41 heavy (non-hydrogen) atoms. The van der Waals surface area contributed by atoms with E-state index in [-0.39, 0.29) is 12.1 Å². The summed E-state index contributed by atoms with van der Waals surface area (Å²) in [7, 11) is 3.23. The lowest BCUT2D eigenvalue weighted by Crippen LogP contribution is -2.33. The number of hydrogen-bond acceptors (Lipinski definition) is 2. The molecule has 4 aromatic rings. The van der Waals surface area contributed by atoms with Gasteiger partial charge in [0.2, 0.25) is 0 Å². The zero-order valence-electron chi connectivity index (χ0n) is 21.5. The molecule has 0 unspecified atom stereocenters. The Kier molecular flexibility index (Phi) is 7.78. The summed E-state index contributed by atoms with van der Waals surface area (Å²) in [6.07, 6.45) is -13.5. The van der Waals surface area contributed by atoms with Crippen LogP contribution in [0.15, 0.2) is 85.1 Å². The molecule has 12 heteroatoms. The van der Waals surface area contributed by atoms with Crippen LogP contribution in [0.2, 0.25) is 0 Å². The molecule has 0 amide bonds. The lowest BCUT2D eigenvalue weighted by Gasteiger charge is -2.33. The minimum absolute atomic E-state index is 0.00240. The largest absolute Gasteiger partial charge is 0.418 e. The summed E-state index contributed by atoms with van der Waals surface area (Å²) in [5, 5.41) is 12.3. The third-order valence-corrected chi connectivity index (χ3v) is 6.49. The van der Waals surface area contributed by atoms with Gasteiger partial charge in [-0.15, -0.1) is 0 Å². The topological polar surface area (TPSA) is 28.4 Å². The highest BCUT2D eigenvalue weighted by Gasteiger charge is 2.42. The molecule has 3 nitrogen and oxygen atoms in total. The maximum atomic E-state index is 14.3. The van der Waals surface area contributed by atoms with Crippen molar-refractivity contribution in [1.29, 1.82) is 0 Å². The maximum absolute atomic E-state index is 14.3. The van der Waals surface area contributed by atoms with Crippen LogP contribution in [-0.2, 0) is 30.7 Å². The SMILES string of the molecule is CN(C)Cc1cccc(C(F)(F)F)c1-n1cccc1C(O)(c1cccc(C(F)(F)F)c1)c1cccc(C(F)(F)F)c1. The standard InChI is InChI=1S/C29H23F9N2O/c1-39(2)17-18-7-3-12-23(29(36,37)38)25(18)40-14-6-13-24(40)26(41,19-8-4-10-21(15-19)27(30,31)32)20-9-5-11-22(16-20)28(33,34)35/h3-16,41H,17H2,1-2H3. The van der Waals surface area contributed by atoms with Crippen LogP contribution >= 0.6 is 0 Å². The lowest BCUT2D eigenvalue weighted by molar-refractivity contribution is -0.138. The second-order valence-corrected chi connectivity index (χ2v) is 9.68. The van der Waals surface area contributed by atoms with Gasteiger partial charge >= 0.3 is 18.5 Å². The monoisotopic (exact) mass is 586 g/mol. The van der Waals surface area contributed by atoms with E-state index in [0.717, 1.165) is 41.0 Å². The first kappa shape index (κ1) is 30.2. The summed E-state index contributed by atoms with van der Waals surface area (Å²) in [5.74, 6) is 0. The van der Waals surface area contributed by atoms with Crippen LogP contribution in [0.5, 0.6) is 0 Å². The fraction of sp³-hybridized carbons (Fsp3) is 0.241. The molecule has 0 fully saturated rings. The third-order valence-electron chi connectivity index (χ3n) is 6.49. The highest BCUT2D eigenvalue weighted by Crippen LogP contribution is 2.44. The fourth-order valence-electron chi connectivity index (χ4n) is 4.75. The lowest BCUT2D eigenvalue weighted by atomic mass is 9.81. The highest BCUT2D eigenvalue weighted by atomic mass is 19.4. The molecule has 0 aliphatic carbocycles. The zero-order valence-corrected chi connectivity index (χ0v) is 21.5. The second-order valence-electron chi connectivity index (χ2n) is 9.68. The molecule has 0 atom stereocenters. The first-order chi connectivity index (χ1) is 18.9. The number of aromatic nitrogens is 1. The van der Waals surface area contributed by atoms with E-state index in [1.165, 1.54) is 24.4 Å². The van der Waals surface area contributed by atoms with Crippen molar-refractivity contribution < 1.29 is 44.6 Å². The number of nitrogens with zero attached hydrogens (tertiary/aromatic N) is 2. The molecule has 3 aromatic carbocycles. The van der Waals surface area contributed by atoms with Gasteiger partial charge in [0.1, 0.15) is 0 Å². The van der Waals surface area contributed by atoms with Gasteiger partial charge in [-0.05, 0) is 73.3 Å². The zero-order chi connectivity index (χ0) is 30.4. The van der Waals surface area contributed by atoms with Crippen LogP contribution in [0.1, 0.15) is 39.1 Å². The average Bonchev–Trinajstić information content (AvgIpc) is 3.36. The van der Waals surface area contributed by atoms with Gasteiger partial charge in [-0.2, -0.15) is 39.5 Å². The summed E-state index contributed by atoms with van der Waals surface area (Å²) in [4.78, 5) is 1.59. The molecular formula is C29H23F9N2O. The summed E-state index contributed by atoms with van der Waals surface area (Å²) >= 11 is 0. The van der Waals surface area contributed by atoms with Crippen molar-refractivity contribution in [3.63, 3.8) is 0 Å². The van der Waals surface area contributed by atoms with Crippen LogP contribution in [0.3, 0.4) is 0 Å². The van der Waals surface area contributed by atoms with Crippen molar-refractivity contribution in [1.82, 2.24) is 9.47 Å². The van der Waals surface area contributed by atoms with Gasteiger partial charge in [0, 0.05) is 12.7 Å². The summed E-state index contributed by atoms with van der Waals surface area (Å²) in [6.45, 7) is 0.00240. The van der Waals surface area contributed by atoms with Gasteiger partial charge in [0.05, 0.1) is 28.1 Å². The molecule has 0 bridgehead atoms. The number of alkyl halides is 9. The predicted molar refractivity (Wildman–Crippen MR) is 133 cm³/mol. The van der Waals surface area contributed by atoms with E-state index >= 15 is 0 Å². The Balaban J connectivity index is 2.10. The van der Waals surface area contributed by atoms with Crippen LogP contribution in [0.4, 0.5) is 39.5 Å². The molecule has 0 saturated heterocycles. The smallest absolute Gasteiger partial charge is 0.375 e. The third kappa shape index (κ3) is 5.98. The fourth-order valence-corrected chi connectivity index (χ4v) is 4.75. The molecule has 0 spiro atoms. The average molecular weight is 586 g/mol. The minimum atomic E-state index is -4.89. The van der Waals surface area contributed by atoms with E-state index in [4.69, 9.17) is 0 Å². The van der Waals surface area contributed by atoms with Gasteiger partial charge in [0.15, 0.2) is 5.60 Å². The quantitative estimate of drug-likeness (QED) is 0.233. The summed E-state index contributed by atoms with van der Waals surface area (Å²) in [6, 6.07) is 12.5. The van der Waals surface area contributed by atoms with E-state index < -0.39 is 63.3 Å². The Bertz CT molecular complexity index is 1470. The number of hydrogen-bond donors (Lipinski definition) is 1. The number of benzene rings is 3. The molecular weight excluding hydrogens is 563 g/mol. The molecule has 0 saturated carbocycles. The highest BCUT2D eigenvalue weighted by molar-refractivity contribution is 5.55. The number of halogens is 9. The number of aliphatic hydroxyl groups is 1. The van der Waals surface area contributed by atoms with E-state index in [0.29, 0.717) is 24.3 Å². The van der Waals surface area contributed by atoms with Crippen LogP contribution in [0, 0.1) is 0 Å². The molecule has 4 rings (SSSR count). The van der Waals surface area contributed by atoms with Crippen LogP contribution in [0.25, 0.3) is 5.69 Å². The maximum Gasteiger partial charge on any atom is 0.418 e. The van der Waals surface area contributed by atoms with Crippen molar-refractivity contribution in [3.8, 4) is 5.69 Å². The van der Waals surface area contributed by atoms with E-state index in [1.54, 1.807) is 19.0 Å². The second kappa shape index (κ2) is 10.6. The molecule has 218 valence electrons. The van der Waals surface area contributed by atoms with Crippen molar-refractivity contribution in [2.24, 2.45) is 0 Å². The van der Waals surface area contributed by atoms with E-state index in [9.17, 15) is 44.6 Å². The normalized spacial score (nSPS) is 13.2. The molecule has 1 aromatic heterocycles. The van der Waals surface area contributed by atoms with Crippen molar-refractivity contribution in [2.75, 3.05) is 14.1 Å². The van der Waals surface area contributed by atoms with Crippen molar-refractivity contribution in [3.05, 3.63) is 124 Å². The number of para-hydroxylation sites is 1. The molecule has 1 N–H and O–H groups in total. The first-order valence-corrected chi connectivity index (χ1v) is 12.0. The van der Waals surface area contributed by atoms with Gasteiger partial charge < -0.3 is 14.6 Å². The van der Waals surface area contributed by atoms with Gasteiger partial charge in [-0.25, -0.2) is 0 Å². The minimum Gasteiger partial charge on any atom is -0.375 e. The summed E-state index contributed by atoms with van der Waals surface area (Å²) in [5.41, 5.74) is -7.93. The van der Waals surface area contributed by atoms with Crippen LogP contribution < -0.4 is 0 Å². The Labute approximate surface area is 229 Å². The Morgan fingerprint density at radius 1 is 0.634 bits per heavy atom. The summed E-state index contributed by atoms with van der Waals surface area (Å²) < 4.78 is 126. The Morgan fingerprint density at radius 3 is 1.59 bits per heavy atom. The van der Waals surface area contributed by atoms with Gasteiger partial charge in [-0.3, -0.25) is 0 Å². The predicted octanol–water partition coefficient (Wildman–Crippen LogP) is 7.88. The van der Waals surface area contributed by atoms with Gasteiger partial charge in [-0.1, -0.05) is 36.4 Å². The number of rotatable bonds is 6. The Hall–Kier alpha value is -3.77. The molecule has 0 aliphatic rings. The van der Waals surface area contributed by atoms with Crippen molar-refractivity contribution in [2.45, 2.75) is 30.7 Å². The van der Waals surface area contributed by atoms with Crippen LogP contribution in [-0.4, -0.2) is 28.7 Å². The molecule has 0 aliphatic heterocycles. The molecule has 1 heterocycles.